The first-order valence-corrected chi connectivity index (χ1v) is 7.28. The van der Waals surface area contributed by atoms with Gasteiger partial charge in [-0.25, -0.2) is 0 Å². The lowest BCUT2D eigenvalue weighted by atomic mass is 10.3. The maximum Gasteiger partial charge on any atom is 0.222 e. The molecule has 0 spiro atoms. The molecule has 0 aliphatic carbocycles. The van der Waals surface area contributed by atoms with Crippen LogP contribution in [0.4, 0.5) is 0 Å². The van der Waals surface area contributed by atoms with Crippen LogP contribution in [0.1, 0.15) is 23.5 Å². The molecule has 21 heavy (non-hydrogen) atoms. The molecule has 114 valence electrons. The van der Waals surface area contributed by atoms with Gasteiger partial charge in [-0.1, -0.05) is 23.2 Å². The van der Waals surface area contributed by atoms with Crippen LogP contribution in [-0.4, -0.2) is 25.5 Å². The standard InChI is InChI=1S/C13H17Cl2N5O/c1-8-13(15)9(2)20(18-8)5-4-12(21)16-7-11-10(14)6-17-19(11)3/h6H,4-5,7H2,1-3H3,(H,16,21). The van der Waals surface area contributed by atoms with Crippen molar-refractivity contribution in [1.82, 2.24) is 24.9 Å². The lowest BCUT2D eigenvalue weighted by Crippen LogP contribution is -2.25. The van der Waals surface area contributed by atoms with Crippen LogP contribution in [0.5, 0.6) is 0 Å². The Morgan fingerprint density at radius 3 is 2.62 bits per heavy atom. The largest absolute Gasteiger partial charge is 0.350 e. The lowest BCUT2D eigenvalue weighted by Gasteiger charge is -2.07. The van der Waals surface area contributed by atoms with Gasteiger partial charge in [0, 0.05) is 13.5 Å². The molecule has 0 bridgehead atoms. The lowest BCUT2D eigenvalue weighted by molar-refractivity contribution is -0.121. The van der Waals surface area contributed by atoms with Crippen LogP contribution in [0.25, 0.3) is 0 Å². The number of nitrogens with zero attached hydrogens (tertiary/aromatic N) is 4. The number of carbonyl (C=O) groups excluding carboxylic acids is 1. The summed E-state index contributed by atoms with van der Waals surface area (Å²) in [6.45, 7) is 4.57. The Labute approximate surface area is 133 Å². The molecule has 1 N–H and O–H groups in total. The van der Waals surface area contributed by atoms with Crippen molar-refractivity contribution in [1.29, 1.82) is 0 Å². The Kier molecular flexibility index (Phi) is 4.90. The number of aryl methyl sites for hydroxylation is 3. The maximum atomic E-state index is 11.9. The van der Waals surface area contributed by atoms with Gasteiger partial charge in [-0.15, -0.1) is 0 Å². The fourth-order valence-electron chi connectivity index (χ4n) is 2.01. The first kappa shape index (κ1) is 15.9. The Morgan fingerprint density at radius 2 is 2.10 bits per heavy atom. The molecule has 0 saturated heterocycles. The summed E-state index contributed by atoms with van der Waals surface area (Å²) in [6.07, 6.45) is 1.88. The summed E-state index contributed by atoms with van der Waals surface area (Å²) in [5, 5.41) is 12.3. The third kappa shape index (κ3) is 3.57. The SMILES string of the molecule is Cc1nn(CCC(=O)NCc2c(Cl)cnn2C)c(C)c1Cl. The molecule has 0 unspecified atom stereocenters. The van der Waals surface area contributed by atoms with Crippen LogP contribution in [0, 0.1) is 13.8 Å². The minimum Gasteiger partial charge on any atom is -0.350 e. The van der Waals surface area contributed by atoms with E-state index in [9.17, 15) is 4.79 Å². The smallest absolute Gasteiger partial charge is 0.222 e. The van der Waals surface area contributed by atoms with E-state index in [1.807, 2.05) is 13.8 Å². The normalized spacial score (nSPS) is 10.9. The van der Waals surface area contributed by atoms with E-state index in [2.05, 4.69) is 15.5 Å². The number of hydrogen-bond donors (Lipinski definition) is 1. The Morgan fingerprint density at radius 1 is 1.38 bits per heavy atom. The first-order valence-electron chi connectivity index (χ1n) is 6.52. The van der Waals surface area contributed by atoms with E-state index in [-0.39, 0.29) is 5.91 Å². The summed E-state index contributed by atoms with van der Waals surface area (Å²) in [5.41, 5.74) is 2.42. The van der Waals surface area contributed by atoms with Crippen molar-refractivity contribution in [3.8, 4) is 0 Å². The first-order chi connectivity index (χ1) is 9.90. The van der Waals surface area contributed by atoms with Gasteiger partial charge in [0.25, 0.3) is 0 Å². The van der Waals surface area contributed by atoms with Crippen molar-refractivity contribution in [2.75, 3.05) is 0 Å². The number of carbonyl (C=O) groups is 1. The molecule has 2 rings (SSSR count). The van der Waals surface area contributed by atoms with E-state index < -0.39 is 0 Å². The predicted molar refractivity (Wildman–Crippen MR) is 81.4 cm³/mol. The molecule has 0 radical (unpaired) electrons. The molecule has 0 atom stereocenters. The van der Waals surface area contributed by atoms with Gasteiger partial charge in [0.05, 0.1) is 46.4 Å². The van der Waals surface area contributed by atoms with Crippen molar-refractivity contribution in [2.24, 2.45) is 7.05 Å². The molecule has 0 saturated carbocycles. The number of halogens is 2. The second kappa shape index (κ2) is 6.49. The number of rotatable bonds is 5. The van der Waals surface area contributed by atoms with E-state index >= 15 is 0 Å². The highest BCUT2D eigenvalue weighted by molar-refractivity contribution is 6.31. The van der Waals surface area contributed by atoms with E-state index in [1.165, 1.54) is 0 Å². The Hall–Kier alpha value is -1.53. The van der Waals surface area contributed by atoms with Gasteiger partial charge in [0.2, 0.25) is 5.91 Å². The van der Waals surface area contributed by atoms with E-state index in [0.29, 0.717) is 29.6 Å². The molecule has 0 aliphatic heterocycles. The molecule has 2 heterocycles. The van der Waals surface area contributed by atoms with Crippen LogP contribution < -0.4 is 5.32 Å². The van der Waals surface area contributed by atoms with Crippen molar-refractivity contribution in [3.63, 3.8) is 0 Å². The maximum absolute atomic E-state index is 11.9. The third-order valence-corrected chi connectivity index (χ3v) is 4.17. The predicted octanol–water partition coefficient (Wildman–Crippen LogP) is 2.25. The highest BCUT2D eigenvalue weighted by Gasteiger charge is 2.11. The summed E-state index contributed by atoms with van der Waals surface area (Å²) in [6, 6.07) is 0. The third-order valence-electron chi connectivity index (χ3n) is 3.31. The summed E-state index contributed by atoms with van der Waals surface area (Å²) < 4.78 is 3.39. The summed E-state index contributed by atoms with van der Waals surface area (Å²) >= 11 is 12.0. The zero-order valence-electron chi connectivity index (χ0n) is 12.2. The van der Waals surface area contributed by atoms with Gasteiger partial charge < -0.3 is 5.32 Å². The molecule has 0 aliphatic rings. The van der Waals surface area contributed by atoms with Gasteiger partial charge in [0.1, 0.15) is 0 Å². The fraction of sp³-hybridized carbons (Fsp3) is 0.462. The molecule has 0 fully saturated rings. The van der Waals surface area contributed by atoms with Crippen LogP contribution >= 0.6 is 23.2 Å². The second-order valence-corrected chi connectivity index (χ2v) is 5.58. The molecular weight excluding hydrogens is 313 g/mol. The fourth-order valence-corrected chi connectivity index (χ4v) is 2.37. The molecule has 2 aromatic rings. The summed E-state index contributed by atoms with van der Waals surface area (Å²) in [4.78, 5) is 11.9. The minimum atomic E-state index is -0.0732. The summed E-state index contributed by atoms with van der Waals surface area (Å²) in [7, 11) is 1.78. The molecular formula is C13H17Cl2N5O. The van der Waals surface area contributed by atoms with Crippen LogP contribution in [0.15, 0.2) is 6.20 Å². The van der Waals surface area contributed by atoms with Crippen LogP contribution in [-0.2, 0) is 24.9 Å². The minimum absolute atomic E-state index is 0.0732. The number of amides is 1. The number of hydrogen-bond acceptors (Lipinski definition) is 3. The van der Waals surface area contributed by atoms with Gasteiger partial charge in [-0.3, -0.25) is 14.2 Å². The zero-order chi connectivity index (χ0) is 15.6. The zero-order valence-corrected chi connectivity index (χ0v) is 13.7. The molecule has 8 heteroatoms. The topological polar surface area (TPSA) is 64.7 Å². The van der Waals surface area contributed by atoms with Gasteiger partial charge in [-0.2, -0.15) is 10.2 Å². The van der Waals surface area contributed by atoms with Gasteiger partial charge in [-0.05, 0) is 13.8 Å². The van der Waals surface area contributed by atoms with Gasteiger partial charge >= 0.3 is 0 Å². The average molecular weight is 330 g/mol. The summed E-state index contributed by atoms with van der Waals surface area (Å²) in [5.74, 6) is -0.0732. The van der Waals surface area contributed by atoms with Crippen molar-refractivity contribution < 1.29 is 4.79 Å². The number of aromatic nitrogens is 4. The van der Waals surface area contributed by atoms with Crippen molar-refractivity contribution in [3.05, 3.63) is 33.3 Å². The number of nitrogens with one attached hydrogen (secondary N) is 1. The van der Waals surface area contributed by atoms with Gasteiger partial charge in [0.15, 0.2) is 0 Å². The Bertz CT molecular complexity index is 642. The highest BCUT2D eigenvalue weighted by Crippen LogP contribution is 2.19. The van der Waals surface area contributed by atoms with Crippen molar-refractivity contribution in [2.45, 2.75) is 33.4 Å². The average Bonchev–Trinajstić information content (AvgIpc) is 2.89. The van der Waals surface area contributed by atoms with E-state index in [1.54, 1.807) is 22.6 Å². The molecule has 6 nitrogen and oxygen atoms in total. The second-order valence-electron chi connectivity index (χ2n) is 4.80. The van der Waals surface area contributed by atoms with Crippen molar-refractivity contribution >= 4 is 29.1 Å². The highest BCUT2D eigenvalue weighted by atomic mass is 35.5. The Balaban J connectivity index is 1.87. The van der Waals surface area contributed by atoms with E-state index in [4.69, 9.17) is 23.2 Å². The van der Waals surface area contributed by atoms with Crippen LogP contribution in [0.2, 0.25) is 10.0 Å². The van der Waals surface area contributed by atoms with Crippen LogP contribution in [0.3, 0.4) is 0 Å². The quantitative estimate of drug-likeness (QED) is 0.914. The monoisotopic (exact) mass is 329 g/mol. The molecule has 0 aromatic carbocycles. The molecule has 1 amide bonds. The molecule has 2 aromatic heterocycles. The van der Waals surface area contributed by atoms with E-state index in [0.717, 1.165) is 17.1 Å².